The van der Waals surface area contributed by atoms with Crippen LogP contribution in [0, 0.1) is 22.7 Å². The van der Waals surface area contributed by atoms with Crippen molar-refractivity contribution in [2.45, 2.75) is 32.6 Å². The lowest BCUT2D eigenvalue weighted by Gasteiger charge is -2.40. The fourth-order valence-corrected chi connectivity index (χ4v) is 4.72. The highest BCUT2D eigenvalue weighted by Gasteiger charge is 2.46. The van der Waals surface area contributed by atoms with E-state index in [2.05, 4.69) is 11.1 Å². The summed E-state index contributed by atoms with van der Waals surface area (Å²) in [6, 6.07) is 9.43. The normalized spacial score (nSPS) is 24.1. The molecule has 2 N–H and O–H groups in total. The van der Waals surface area contributed by atoms with Crippen LogP contribution >= 0.6 is 23.4 Å². The number of fused-ring (bicyclic) bond motifs is 1. The number of carbonyl (C=O) groups is 2. The number of hydrogen-bond acceptors (Lipinski definition) is 5. The minimum absolute atomic E-state index is 0.0344. The van der Waals surface area contributed by atoms with E-state index in [0.717, 1.165) is 23.0 Å². The number of benzene rings is 1. The summed E-state index contributed by atoms with van der Waals surface area (Å²) in [5.41, 5.74) is 7.13. The van der Waals surface area contributed by atoms with Crippen molar-refractivity contribution in [2.24, 2.45) is 22.1 Å². The number of carbonyl (C=O) groups excluding carboxylic acids is 2. The largest absolute Gasteiger partial charge is 0.369 e. The van der Waals surface area contributed by atoms with E-state index < -0.39 is 17.7 Å². The molecule has 1 heterocycles. The van der Waals surface area contributed by atoms with Gasteiger partial charge in [-0.3, -0.25) is 9.59 Å². The fraction of sp³-hybridized carbons (Fsp3) is 0.400. The number of thioether (sulfide) groups is 1. The van der Waals surface area contributed by atoms with E-state index in [4.69, 9.17) is 17.3 Å². The van der Waals surface area contributed by atoms with Gasteiger partial charge in [-0.2, -0.15) is 5.26 Å². The van der Waals surface area contributed by atoms with Gasteiger partial charge in [0.15, 0.2) is 0 Å². The molecule has 2 aliphatic rings. The summed E-state index contributed by atoms with van der Waals surface area (Å²) in [4.78, 5) is 28.9. The molecule has 1 amide bonds. The highest BCUT2D eigenvalue weighted by Crippen LogP contribution is 2.48. The molecule has 2 atom stereocenters. The number of halogens is 1. The average Bonchev–Trinajstić information content (AvgIpc) is 2.58. The van der Waals surface area contributed by atoms with Gasteiger partial charge in [-0.1, -0.05) is 49.3 Å². The second-order valence-corrected chi connectivity index (χ2v) is 9.08. The Kier molecular flexibility index (Phi) is 5.45. The third kappa shape index (κ3) is 4.10. The summed E-state index contributed by atoms with van der Waals surface area (Å²) < 4.78 is 0. The molecule has 5 nitrogen and oxygen atoms in total. The second kappa shape index (κ2) is 7.49. The maximum absolute atomic E-state index is 13.0. The lowest BCUT2D eigenvalue weighted by molar-refractivity contribution is -0.124. The Hall–Kier alpha value is -2.10. The molecule has 140 valence electrons. The zero-order valence-electron chi connectivity index (χ0n) is 15.2. The summed E-state index contributed by atoms with van der Waals surface area (Å²) in [7, 11) is 0. The maximum atomic E-state index is 13.0. The Bertz CT molecular complexity index is 897. The van der Waals surface area contributed by atoms with E-state index in [1.165, 1.54) is 0 Å². The number of amides is 1. The van der Waals surface area contributed by atoms with Gasteiger partial charge >= 0.3 is 0 Å². The molecule has 0 saturated heterocycles. The third-order valence-electron chi connectivity index (χ3n) is 4.84. The van der Waals surface area contributed by atoms with Crippen LogP contribution in [0.1, 0.15) is 38.2 Å². The zero-order chi connectivity index (χ0) is 19.8. The van der Waals surface area contributed by atoms with Gasteiger partial charge in [0, 0.05) is 23.1 Å². The van der Waals surface area contributed by atoms with Crippen molar-refractivity contribution in [3.8, 4) is 6.07 Å². The smallest absolute Gasteiger partial charge is 0.227 e. The molecule has 7 heteroatoms. The van der Waals surface area contributed by atoms with Gasteiger partial charge in [-0.15, -0.1) is 0 Å². The Morgan fingerprint density at radius 1 is 1.33 bits per heavy atom. The molecule has 27 heavy (non-hydrogen) atoms. The van der Waals surface area contributed by atoms with Crippen molar-refractivity contribution in [2.75, 3.05) is 5.75 Å². The van der Waals surface area contributed by atoms with Gasteiger partial charge in [-0.25, -0.2) is 4.99 Å². The van der Waals surface area contributed by atoms with E-state index in [1.807, 2.05) is 26.0 Å². The van der Waals surface area contributed by atoms with E-state index in [0.29, 0.717) is 28.5 Å². The van der Waals surface area contributed by atoms with Crippen molar-refractivity contribution in [1.82, 2.24) is 0 Å². The first kappa shape index (κ1) is 19.7. The van der Waals surface area contributed by atoms with E-state index in [9.17, 15) is 14.9 Å². The predicted octanol–water partition coefficient (Wildman–Crippen LogP) is 3.84. The minimum atomic E-state index is -0.477. The molecule has 0 aromatic heterocycles. The molecule has 1 aromatic carbocycles. The molecule has 1 aliphatic carbocycles. The Balaban J connectivity index is 2.14. The highest BCUT2D eigenvalue weighted by molar-refractivity contribution is 8.03. The molecule has 0 radical (unpaired) electrons. The van der Waals surface area contributed by atoms with Gasteiger partial charge in [0.2, 0.25) is 5.91 Å². The van der Waals surface area contributed by atoms with E-state index >= 15 is 0 Å². The minimum Gasteiger partial charge on any atom is -0.369 e. The summed E-state index contributed by atoms with van der Waals surface area (Å²) in [5, 5.41) is 10.9. The topological polar surface area (TPSA) is 96.3 Å². The van der Waals surface area contributed by atoms with Crippen molar-refractivity contribution in [3.05, 3.63) is 45.5 Å². The summed E-state index contributed by atoms with van der Waals surface area (Å²) in [6.07, 6.45) is 1.12. The number of nitriles is 1. The zero-order valence-corrected chi connectivity index (χ0v) is 16.7. The van der Waals surface area contributed by atoms with Gasteiger partial charge in [0.1, 0.15) is 10.8 Å². The van der Waals surface area contributed by atoms with Crippen LogP contribution in [0.2, 0.25) is 5.02 Å². The van der Waals surface area contributed by atoms with Gasteiger partial charge in [-0.05, 0) is 29.5 Å². The quantitative estimate of drug-likeness (QED) is 0.828. The lowest BCUT2D eigenvalue weighted by Crippen LogP contribution is -2.42. The van der Waals surface area contributed by atoms with Gasteiger partial charge < -0.3 is 5.73 Å². The van der Waals surface area contributed by atoms with Crippen LogP contribution in [0.4, 0.5) is 0 Å². The number of aliphatic imine (C=N–C) groups is 1. The number of hydrogen-bond donors (Lipinski definition) is 1. The van der Waals surface area contributed by atoms with E-state index in [-0.39, 0.29) is 17.0 Å². The number of nitrogens with zero attached hydrogens (tertiary/aromatic N) is 2. The molecule has 1 saturated carbocycles. The average molecular weight is 402 g/mol. The van der Waals surface area contributed by atoms with Crippen LogP contribution in [0.5, 0.6) is 0 Å². The first-order chi connectivity index (χ1) is 12.7. The Morgan fingerprint density at radius 3 is 2.59 bits per heavy atom. The number of primary amides is 1. The van der Waals surface area contributed by atoms with Crippen molar-refractivity contribution < 1.29 is 9.59 Å². The number of Topliss-reactive ketones (excluding diaryl/α,β-unsaturated/α-hetero) is 1. The molecule has 3 rings (SSSR count). The van der Waals surface area contributed by atoms with Crippen LogP contribution in [0.25, 0.3) is 0 Å². The summed E-state index contributed by atoms with van der Waals surface area (Å²) in [5.74, 6) is -1.22. The van der Waals surface area contributed by atoms with Crippen molar-refractivity contribution >= 4 is 40.8 Å². The monoisotopic (exact) mass is 401 g/mol. The van der Waals surface area contributed by atoms with Crippen LogP contribution in [0.15, 0.2) is 39.9 Å². The Morgan fingerprint density at radius 2 is 2.00 bits per heavy atom. The standard InChI is InChI=1S/C20H20ClN3O2S/c1-20(2)7-14-18(15(25)8-20)17(11-3-5-12(21)6-4-11)13(9-22)19(24-14)27-10-16(23)26/h3-6,17-18H,7-8,10H2,1-2H3,(H2,23,26)/t17-,18?/m1/s1. The number of rotatable bonds is 4. The van der Waals surface area contributed by atoms with Crippen molar-refractivity contribution in [3.63, 3.8) is 0 Å². The maximum Gasteiger partial charge on any atom is 0.227 e. The lowest BCUT2D eigenvalue weighted by atomic mass is 9.64. The fourth-order valence-electron chi connectivity index (χ4n) is 3.80. The molecule has 0 spiro atoms. The number of nitrogens with two attached hydrogens (primary N) is 1. The Labute approximate surface area is 167 Å². The molecule has 0 bridgehead atoms. The molecule has 1 aliphatic heterocycles. The van der Waals surface area contributed by atoms with E-state index in [1.54, 1.807) is 12.1 Å². The third-order valence-corrected chi connectivity index (χ3v) is 6.10. The summed E-state index contributed by atoms with van der Waals surface area (Å²) >= 11 is 7.17. The van der Waals surface area contributed by atoms with Gasteiger partial charge in [0.05, 0.1) is 23.3 Å². The SMILES string of the molecule is CC1(C)CC(=O)C2C(=NC(SCC(N)=O)=C(C#N)[C@H]2c2ccc(Cl)cc2)C1. The molecule has 1 unspecified atom stereocenters. The van der Waals surface area contributed by atoms with Crippen LogP contribution in [-0.4, -0.2) is 23.2 Å². The molecular formula is C20H20ClN3O2S. The van der Waals surface area contributed by atoms with Crippen LogP contribution < -0.4 is 5.73 Å². The summed E-state index contributed by atoms with van der Waals surface area (Å²) in [6.45, 7) is 4.08. The van der Waals surface area contributed by atoms with Crippen LogP contribution in [0.3, 0.4) is 0 Å². The first-order valence-corrected chi connectivity index (χ1v) is 9.99. The van der Waals surface area contributed by atoms with Gasteiger partial charge in [0.25, 0.3) is 0 Å². The first-order valence-electron chi connectivity index (χ1n) is 8.63. The number of ketones is 1. The number of allylic oxidation sites excluding steroid dienone is 1. The molecular weight excluding hydrogens is 382 g/mol. The van der Waals surface area contributed by atoms with Crippen LogP contribution in [-0.2, 0) is 9.59 Å². The van der Waals surface area contributed by atoms with Crippen molar-refractivity contribution in [1.29, 1.82) is 5.26 Å². The molecule has 1 fully saturated rings. The molecule has 1 aromatic rings. The second-order valence-electron chi connectivity index (χ2n) is 7.68. The predicted molar refractivity (Wildman–Crippen MR) is 107 cm³/mol. The highest BCUT2D eigenvalue weighted by atomic mass is 35.5.